The van der Waals surface area contributed by atoms with Gasteiger partial charge in [-0.1, -0.05) is 41.4 Å². The molecular formula is C15H13Cl2N3. The Balaban J connectivity index is 2.18. The lowest BCUT2D eigenvalue weighted by molar-refractivity contribution is 0.732. The van der Waals surface area contributed by atoms with Crippen LogP contribution in [0.15, 0.2) is 42.5 Å². The highest BCUT2D eigenvalue weighted by Crippen LogP contribution is 2.31. The normalized spacial score (nSPS) is 12.8. The van der Waals surface area contributed by atoms with Crippen LogP contribution in [0.5, 0.6) is 0 Å². The van der Waals surface area contributed by atoms with E-state index in [0.717, 1.165) is 22.2 Å². The Morgan fingerprint density at radius 2 is 1.90 bits per heavy atom. The molecule has 0 aliphatic heterocycles. The molecule has 0 spiro atoms. The van der Waals surface area contributed by atoms with Gasteiger partial charge in [0.15, 0.2) is 0 Å². The topological polar surface area (TPSA) is 43.8 Å². The second-order valence-corrected chi connectivity index (χ2v) is 5.51. The van der Waals surface area contributed by atoms with E-state index < -0.39 is 6.04 Å². The number of aryl methyl sites for hydroxylation is 1. The third-order valence-corrected chi connectivity index (χ3v) is 3.95. The fraction of sp³-hybridized carbons (Fsp3) is 0.133. The molecule has 0 aliphatic carbocycles. The van der Waals surface area contributed by atoms with E-state index in [1.54, 1.807) is 18.2 Å². The van der Waals surface area contributed by atoms with E-state index >= 15 is 0 Å². The van der Waals surface area contributed by atoms with E-state index in [4.69, 9.17) is 28.9 Å². The van der Waals surface area contributed by atoms with Gasteiger partial charge in [-0.05, 0) is 29.8 Å². The summed E-state index contributed by atoms with van der Waals surface area (Å²) in [7, 11) is 1.90. The van der Waals surface area contributed by atoms with Gasteiger partial charge >= 0.3 is 0 Å². The van der Waals surface area contributed by atoms with Gasteiger partial charge in [0.05, 0.1) is 17.3 Å². The zero-order valence-corrected chi connectivity index (χ0v) is 12.4. The average Bonchev–Trinajstić information content (AvgIpc) is 2.79. The van der Waals surface area contributed by atoms with Crippen molar-refractivity contribution in [3.63, 3.8) is 0 Å². The lowest BCUT2D eigenvalue weighted by Gasteiger charge is -2.12. The molecule has 102 valence electrons. The molecule has 0 saturated heterocycles. The SMILES string of the molecule is Cn1nc(C(N)c2cc(Cl)ccc2Cl)c2ccccc21. The lowest BCUT2D eigenvalue weighted by atomic mass is 10.0. The fourth-order valence-electron chi connectivity index (χ4n) is 2.37. The molecule has 1 atom stereocenters. The molecule has 1 aromatic heterocycles. The third kappa shape index (κ3) is 2.18. The van der Waals surface area contributed by atoms with Crippen molar-refractivity contribution in [1.29, 1.82) is 0 Å². The lowest BCUT2D eigenvalue weighted by Crippen LogP contribution is -2.13. The molecule has 2 aromatic carbocycles. The Morgan fingerprint density at radius 3 is 2.70 bits per heavy atom. The van der Waals surface area contributed by atoms with Crippen molar-refractivity contribution in [2.75, 3.05) is 0 Å². The summed E-state index contributed by atoms with van der Waals surface area (Å²) in [5, 5.41) is 6.76. The number of halogens is 2. The molecule has 3 aromatic rings. The number of benzene rings is 2. The predicted octanol–water partition coefficient (Wildman–Crippen LogP) is 3.93. The number of nitrogens with two attached hydrogens (primary N) is 1. The molecule has 0 aliphatic rings. The quantitative estimate of drug-likeness (QED) is 0.779. The molecular weight excluding hydrogens is 293 g/mol. The minimum absolute atomic E-state index is 0.410. The first-order valence-corrected chi connectivity index (χ1v) is 6.95. The number of para-hydroxylation sites is 1. The van der Waals surface area contributed by atoms with E-state index in [1.807, 2.05) is 36.0 Å². The average molecular weight is 306 g/mol. The summed E-state index contributed by atoms with van der Waals surface area (Å²) in [5.41, 5.74) is 8.96. The van der Waals surface area contributed by atoms with E-state index in [1.165, 1.54) is 0 Å². The van der Waals surface area contributed by atoms with Crippen LogP contribution in [0.4, 0.5) is 0 Å². The summed E-state index contributed by atoms with van der Waals surface area (Å²) < 4.78 is 1.82. The minimum atomic E-state index is -0.410. The van der Waals surface area contributed by atoms with Gasteiger partial charge in [-0.2, -0.15) is 5.10 Å². The van der Waals surface area contributed by atoms with E-state index in [0.29, 0.717) is 10.0 Å². The van der Waals surface area contributed by atoms with Crippen molar-refractivity contribution < 1.29 is 0 Å². The van der Waals surface area contributed by atoms with E-state index in [9.17, 15) is 0 Å². The minimum Gasteiger partial charge on any atom is -0.319 e. The number of aromatic nitrogens is 2. The Kier molecular flexibility index (Phi) is 3.42. The van der Waals surface area contributed by atoms with Gasteiger partial charge in [-0.15, -0.1) is 0 Å². The molecule has 0 bridgehead atoms. The molecule has 20 heavy (non-hydrogen) atoms. The van der Waals surface area contributed by atoms with Gasteiger partial charge in [-0.3, -0.25) is 4.68 Å². The summed E-state index contributed by atoms with van der Waals surface area (Å²) >= 11 is 12.3. The molecule has 2 N–H and O–H groups in total. The monoisotopic (exact) mass is 305 g/mol. The molecule has 3 nitrogen and oxygen atoms in total. The second-order valence-electron chi connectivity index (χ2n) is 4.67. The maximum Gasteiger partial charge on any atom is 0.0916 e. The van der Waals surface area contributed by atoms with Crippen LogP contribution in [-0.4, -0.2) is 9.78 Å². The van der Waals surface area contributed by atoms with Crippen LogP contribution in [0, 0.1) is 0 Å². The molecule has 1 heterocycles. The first-order chi connectivity index (χ1) is 9.58. The summed E-state index contributed by atoms with van der Waals surface area (Å²) in [6, 6.07) is 12.9. The van der Waals surface area contributed by atoms with Gasteiger partial charge in [0.25, 0.3) is 0 Å². The number of rotatable bonds is 2. The zero-order valence-electron chi connectivity index (χ0n) is 10.8. The van der Waals surface area contributed by atoms with Crippen LogP contribution in [0.3, 0.4) is 0 Å². The van der Waals surface area contributed by atoms with Crippen LogP contribution in [0.2, 0.25) is 10.0 Å². The van der Waals surface area contributed by atoms with E-state index in [2.05, 4.69) is 5.10 Å². The highest BCUT2D eigenvalue weighted by molar-refractivity contribution is 6.33. The molecule has 3 rings (SSSR count). The van der Waals surface area contributed by atoms with Gasteiger partial charge in [0, 0.05) is 22.5 Å². The zero-order chi connectivity index (χ0) is 14.3. The third-order valence-electron chi connectivity index (χ3n) is 3.37. The highest BCUT2D eigenvalue weighted by atomic mass is 35.5. The molecule has 1 unspecified atom stereocenters. The molecule has 0 radical (unpaired) electrons. The summed E-state index contributed by atoms with van der Waals surface area (Å²) in [6.45, 7) is 0. The number of fused-ring (bicyclic) bond motifs is 1. The molecule has 0 amide bonds. The number of hydrogen-bond acceptors (Lipinski definition) is 2. The van der Waals surface area contributed by atoms with Crippen LogP contribution < -0.4 is 5.73 Å². The predicted molar refractivity (Wildman–Crippen MR) is 83.2 cm³/mol. The van der Waals surface area contributed by atoms with Crippen LogP contribution in [-0.2, 0) is 7.05 Å². The van der Waals surface area contributed by atoms with Gasteiger partial charge in [-0.25, -0.2) is 0 Å². The Labute approximate surface area is 126 Å². The summed E-state index contributed by atoms with van der Waals surface area (Å²) in [5.74, 6) is 0. The first kappa shape index (κ1) is 13.4. The van der Waals surface area contributed by atoms with Crippen LogP contribution in [0.1, 0.15) is 17.3 Å². The maximum atomic E-state index is 6.35. The maximum absolute atomic E-state index is 6.35. The van der Waals surface area contributed by atoms with E-state index in [-0.39, 0.29) is 0 Å². The largest absolute Gasteiger partial charge is 0.319 e. The van der Waals surface area contributed by atoms with Crippen LogP contribution >= 0.6 is 23.2 Å². The molecule has 0 fully saturated rings. The van der Waals surface area contributed by atoms with Crippen molar-refractivity contribution in [3.8, 4) is 0 Å². The Hall–Kier alpha value is -1.55. The van der Waals surface area contributed by atoms with Crippen LogP contribution in [0.25, 0.3) is 10.9 Å². The molecule has 0 saturated carbocycles. The van der Waals surface area contributed by atoms with Crippen molar-refractivity contribution in [1.82, 2.24) is 9.78 Å². The van der Waals surface area contributed by atoms with Crippen molar-refractivity contribution in [3.05, 3.63) is 63.8 Å². The number of hydrogen-bond donors (Lipinski definition) is 1. The smallest absolute Gasteiger partial charge is 0.0916 e. The fourth-order valence-corrected chi connectivity index (χ4v) is 2.79. The summed E-state index contributed by atoms with van der Waals surface area (Å²) in [4.78, 5) is 0. The second kappa shape index (κ2) is 5.09. The van der Waals surface area contributed by atoms with Crippen molar-refractivity contribution in [2.24, 2.45) is 12.8 Å². The molecule has 5 heteroatoms. The first-order valence-electron chi connectivity index (χ1n) is 6.20. The van der Waals surface area contributed by atoms with Gasteiger partial charge in [0.2, 0.25) is 0 Å². The van der Waals surface area contributed by atoms with Crippen molar-refractivity contribution in [2.45, 2.75) is 6.04 Å². The number of nitrogens with zero attached hydrogens (tertiary/aromatic N) is 2. The summed E-state index contributed by atoms with van der Waals surface area (Å²) in [6.07, 6.45) is 0. The Morgan fingerprint density at radius 1 is 1.15 bits per heavy atom. The van der Waals surface area contributed by atoms with Gasteiger partial charge in [0.1, 0.15) is 0 Å². The standard InChI is InChI=1S/C15H13Cl2N3/c1-20-13-5-3-2-4-10(13)15(19-20)14(18)11-8-9(16)6-7-12(11)17/h2-8,14H,18H2,1H3. The highest BCUT2D eigenvalue weighted by Gasteiger charge is 2.19. The van der Waals surface area contributed by atoms with Gasteiger partial charge < -0.3 is 5.73 Å². The van der Waals surface area contributed by atoms with Crippen molar-refractivity contribution >= 4 is 34.1 Å². The Bertz CT molecular complexity index is 780.